The zero-order valence-corrected chi connectivity index (χ0v) is 12.3. The van der Waals surface area contributed by atoms with Crippen LogP contribution in [0, 0.1) is 6.92 Å². The monoisotopic (exact) mass is 321 g/mol. The van der Waals surface area contributed by atoms with Gasteiger partial charge in [-0.05, 0) is 30.5 Å². The van der Waals surface area contributed by atoms with Gasteiger partial charge in [0.05, 0.1) is 12.7 Å². The van der Waals surface area contributed by atoms with Crippen LogP contribution in [0.3, 0.4) is 0 Å². The number of benzene rings is 1. The molecule has 0 aliphatic carbocycles. The molecule has 0 unspecified atom stereocenters. The predicted molar refractivity (Wildman–Crippen MR) is 77.9 cm³/mol. The van der Waals surface area contributed by atoms with E-state index in [9.17, 15) is 4.79 Å². The van der Waals surface area contributed by atoms with Crippen LogP contribution in [-0.2, 0) is 17.6 Å². The van der Waals surface area contributed by atoms with Crippen LogP contribution in [0.1, 0.15) is 16.8 Å². The largest absolute Gasteiger partial charge is 0.355 e. The molecule has 0 saturated carbocycles. The van der Waals surface area contributed by atoms with Gasteiger partial charge in [0.2, 0.25) is 5.91 Å². The van der Waals surface area contributed by atoms with Crippen molar-refractivity contribution >= 4 is 21.8 Å². The van der Waals surface area contributed by atoms with Crippen LogP contribution in [0.15, 0.2) is 35.2 Å². The van der Waals surface area contributed by atoms with Crippen molar-refractivity contribution in [3.8, 4) is 0 Å². The average molecular weight is 322 g/mol. The first kappa shape index (κ1) is 13.8. The Morgan fingerprint density at radius 2 is 2.32 bits per heavy atom. The highest BCUT2D eigenvalue weighted by atomic mass is 79.9. The number of imidazole rings is 1. The van der Waals surface area contributed by atoms with Crippen molar-refractivity contribution in [2.75, 3.05) is 6.54 Å². The Morgan fingerprint density at radius 3 is 3.05 bits per heavy atom. The number of hydrogen-bond donors (Lipinski definition) is 2. The normalized spacial score (nSPS) is 10.4. The fraction of sp³-hybridized carbons (Fsp3) is 0.286. The molecule has 2 aromatic rings. The number of aromatic nitrogens is 2. The van der Waals surface area contributed by atoms with Crippen molar-refractivity contribution in [1.82, 2.24) is 15.3 Å². The summed E-state index contributed by atoms with van der Waals surface area (Å²) in [6.07, 6.45) is 4.42. The standard InChI is InChI=1S/C14H16BrN3O/c1-10-11(3-2-4-13(10)15)5-6-17-14(19)7-12-8-16-9-18-12/h2-4,8-9H,5-7H2,1H3,(H,16,18)(H,17,19). The molecule has 2 N–H and O–H groups in total. The van der Waals surface area contributed by atoms with Crippen LogP contribution in [0.4, 0.5) is 0 Å². The fourth-order valence-corrected chi connectivity index (χ4v) is 2.28. The van der Waals surface area contributed by atoms with Crippen LogP contribution < -0.4 is 5.32 Å². The highest BCUT2D eigenvalue weighted by molar-refractivity contribution is 9.10. The lowest BCUT2D eigenvalue weighted by Gasteiger charge is -2.08. The molecule has 1 aromatic carbocycles. The number of hydrogen-bond acceptors (Lipinski definition) is 2. The minimum absolute atomic E-state index is 0.0110. The molecule has 2 rings (SSSR count). The first-order valence-electron chi connectivity index (χ1n) is 6.15. The summed E-state index contributed by atoms with van der Waals surface area (Å²) >= 11 is 3.51. The number of amides is 1. The summed E-state index contributed by atoms with van der Waals surface area (Å²) in [5, 5.41) is 2.91. The first-order chi connectivity index (χ1) is 9.16. The van der Waals surface area contributed by atoms with Crippen molar-refractivity contribution in [2.24, 2.45) is 0 Å². The van der Waals surface area contributed by atoms with Crippen molar-refractivity contribution in [3.05, 3.63) is 52.0 Å². The molecule has 0 aliphatic rings. The molecule has 0 bridgehead atoms. The summed E-state index contributed by atoms with van der Waals surface area (Å²) in [6, 6.07) is 6.12. The zero-order chi connectivity index (χ0) is 13.7. The molecule has 1 amide bonds. The quantitative estimate of drug-likeness (QED) is 0.888. The van der Waals surface area contributed by atoms with Gasteiger partial charge in [-0.1, -0.05) is 28.1 Å². The molecule has 1 aromatic heterocycles. The second-order valence-corrected chi connectivity index (χ2v) is 5.23. The Hall–Kier alpha value is -1.62. The van der Waals surface area contributed by atoms with Gasteiger partial charge in [-0.25, -0.2) is 4.98 Å². The van der Waals surface area contributed by atoms with Crippen LogP contribution in [0.25, 0.3) is 0 Å². The third-order valence-corrected chi connectivity index (χ3v) is 3.86. The fourth-order valence-electron chi connectivity index (χ4n) is 1.88. The van der Waals surface area contributed by atoms with E-state index in [4.69, 9.17) is 0 Å². The highest BCUT2D eigenvalue weighted by Crippen LogP contribution is 2.19. The molecule has 100 valence electrons. The number of carbonyl (C=O) groups is 1. The lowest BCUT2D eigenvalue weighted by atomic mass is 10.1. The van der Waals surface area contributed by atoms with E-state index < -0.39 is 0 Å². The zero-order valence-electron chi connectivity index (χ0n) is 10.7. The minimum atomic E-state index is 0.0110. The van der Waals surface area contributed by atoms with Gasteiger partial charge in [-0.2, -0.15) is 0 Å². The predicted octanol–water partition coefficient (Wildman–Crippen LogP) is 2.38. The Balaban J connectivity index is 1.80. The van der Waals surface area contributed by atoms with E-state index in [-0.39, 0.29) is 5.91 Å². The number of carbonyl (C=O) groups excluding carboxylic acids is 1. The summed E-state index contributed by atoms with van der Waals surface area (Å²) < 4.78 is 1.11. The van der Waals surface area contributed by atoms with E-state index in [2.05, 4.69) is 44.2 Å². The Kier molecular flexibility index (Phi) is 4.74. The third-order valence-electron chi connectivity index (χ3n) is 3.00. The maximum Gasteiger partial charge on any atom is 0.226 e. The lowest BCUT2D eigenvalue weighted by Crippen LogP contribution is -2.27. The van der Waals surface area contributed by atoms with Gasteiger partial charge in [-0.3, -0.25) is 4.79 Å². The number of halogens is 1. The SMILES string of the molecule is Cc1c(Br)cccc1CCNC(=O)Cc1cnc[nH]1. The van der Waals surface area contributed by atoms with Crippen molar-refractivity contribution < 1.29 is 4.79 Å². The number of rotatable bonds is 5. The molecule has 0 radical (unpaired) electrons. The topological polar surface area (TPSA) is 57.8 Å². The molecular weight excluding hydrogens is 306 g/mol. The number of H-pyrrole nitrogens is 1. The Bertz CT molecular complexity index is 552. The maximum atomic E-state index is 11.7. The van der Waals surface area contributed by atoms with Crippen molar-refractivity contribution in [1.29, 1.82) is 0 Å². The molecule has 4 nitrogen and oxygen atoms in total. The Morgan fingerprint density at radius 1 is 1.47 bits per heavy atom. The van der Waals surface area contributed by atoms with E-state index in [1.807, 2.05) is 12.1 Å². The summed E-state index contributed by atoms with van der Waals surface area (Å²) in [6.45, 7) is 2.72. The molecule has 19 heavy (non-hydrogen) atoms. The second kappa shape index (κ2) is 6.52. The van der Waals surface area contributed by atoms with Crippen LogP contribution in [-0.4, -0.2) is 22.4 Å². The van der Waals surface area contributed by atoms with E-state index in [0.717, 1.165) is 16.6 Å². The van der Waals surface area contributed by atoms with E-state index >= 15 is 0 Å². The Labute approximate surface area is 120 Å². The summed E-state index contributed by atoms with van der Waals surface area (Å²) in [5.41, 5.74) is 3.30. The van der Waals surface area contributed by atoms with E-state index in [0.29, 0.717) is 13.0 Å². The van der Waals surface area contributed by atoms with Gasteiger partial charge in [-0.15, -0.1) is 0 Å². The van der Waals surface area contributed by atoms with Gasteiger partial charge in [0, 0.05) is 22.9 Å². The van der Waals surface area contributed by atoms with Crippen LogP contribution in [0.5, 0.6) is 0 Å². The smallest absolute Gasteiger partial charge is 0.226 e. The minimum Gasteiger partial charge on any atom is -0.355 e. The molecule has 0 saturated heterocycles. The average Bonchev–Trinajstić information content (AvgIpc) is 2.87. The number of nitrogens with zero attached hydrogens (tertiary/aromatic N) is 1. The maximum absolute atomic E-state index is 11.7. The summed E-state index contributed by atoms with van der Waals surface area (Å²) in [5.74, 6) is 0.0110. The summed E-state index contributed by atoms with van der Waals surface area (Å²) in [4.78, 5) is 18.5. The van der Waals surface area contributed by atoms with Crippen molar-refractivity contribution in [2.45, 2.75) is 19.8 Å². The number of nitrogens with one attached hydrogen (secondary N) is 2. The molecule has 1 heterocycles. The van der Waals surface area contributed by atoms with Crippen LogP contribution in [0.2, 0.25) is 0 Å². The van der Waals surface area contributed by atoms with Gasteiger partial charge in [0.1, 0.15) is 0 Å². The van der Waals surface area contributed by atoms with Crippen LogP contribution >= 0.6 is 15.9 Å². The number of aromatic amines is 1. The molecule has 0 aliphatic heterocycles. The molecule has 0 fully saturated rings. The molecule has 0 atom stereocenters. The van der Waals surface area contributed by atoms with E-state index in [1.54, 1.807) is 12.5 Å². The first-order valence-corrected chi connectivity index (χ1v) is 6.94. The van der Waals surface area contributed by atoms with Gasteiger partial charge < -0.3 is 10.3 Å². The molecule has 0 spiro atoms. The van der Waals surface area contributed by atoms with Gasteiger partial charge in [0.15, 0.2) is 0 Å². The lowest BCUT2D eigenvalue weighted by molar-refractivity contribution is -0.120. The van der Waals surface area contributed by atoms with Gasteiger partial charge >= 0.3 is 0 Å². The van der Waals surface area contributed by atoms with Gasteiger partial charge in [0.25, 0.3) is 0 Å². The third kappa shape index (κ3) is 3.92. The van der Waals surface area contributed by atoms with Crippen molar-refractivity contribution in [3.63, 3.8) is 0 Å². The highest BCUT2D eigenvalue weighted by Gasteiger charge is 2.05. The summed E-state index contributed by atoms with van der Waals surface area (Å²) in [7, 11) is 0. The molecular formula is C14H16BrN3O. The van der Waals surface area contributed by atoms with E-state index in [1.165, 1.54) is 11.1 Å². The second-order valence-electron chi connectivity index (χ2n) is 4.38. The molecule has 5 heteroatoms.